The van der Waals surface area contributed by atoms with Crippen molar-refractivity contribution in [3.63, 3.8) is 0 Å². The van der Waals surface area contributed by atoms with Crippen molar-refractivity contribution in [1.29, 1.82) is 0 Å². The molecule has 4 aliphatic rings. The van der Waals surface area contributed by atoms with Gasteiger partial charge >= 0.3 is 106 Å². The normalized spacial score (nSPS) is 21.3. The van der Waals surface area contributed by atoms with Crippen LogP contribution in [0.2, 0.25) is 7.87 Å². The Balaban J connectivity index is 0.000000150. The van der Waals surface area contributed by atoms with E-state index < -0.39 is 16.1 Å². The molecule has 5 rings (SSSR count). The van der Waals surface area contributed by atoms with E-state index in [1.165, 1.54) is 86.5 Å². The maximum absolute atomic E-state index is 6.87. The second-order valence-electron chi connectivity index (χ2n) is 9.61. The molecule has 0 saturated heterocycles. The van der Waals surface area contributed by atoms with Gasteiger partial charge in [-0.1, -0.05) is 12.2 Å². The van der Waals surface area contributed by atoms with Crippen LogP contribution < -0.4 is 0 Å². The maximum atomic E-state index is 6.87. The molecule has 0 N–H and O–H groups in total. The Hall–Kier alpha value is -0.321. The third kappa shape index (κ3) is 5.27. The number of hydrogen-bond donors (Lipinski definition) is 0. The molecule has 0 unspecified atom stereocenters. The van der Waals surface area contributed by atoms with Crippen LogP contribution in [0.15, 0.2) is 12.2 Å². The van der Waals surface area contributed by atoms with E-state index in [0.717, 1.165) is 32.3 Å². The van der Waals surface area contributed by atoms with E-state index in [1.54, 1.807) is 0 Å². The van der Waals surface area contributed by atoms with Crippen molar-refractivity contribution in [2.45, 2.75) is 85.9 Å². The topological polar surface area (TPSA) is 28.2 Å². The molecular formula is C26H36Cl2N2Sn-2. The number of halogens is 2. The molecule has 2 aliphatic carbocycles. The monoisotopic (exact) mass is 566 g/mol. The number of benzene rings is 1. The van der Waals surface area contributed by atoms with Gasteiger partial charge in [0.2, 0.25) is 0 Å². The third-order valence-electron chi connectivity index (χ3n) is 7.68. The molecule has 2 fully saturated rings. The Morgan fingerprint density at radius 3 is 1.45 bits per heavy atom. The Bertz CT molecular complexity index is 768. The molecule has 1 aromatic carbocycles. The van der Waals surface area contributed by atoms with Crippen LogP contribution in [0.25, 0.3) is 22.8 Å². The summed E-state index contributed by atoms with van der Waals surface area (Å²) in [6, 6.07) is 0. The molecule has 0 atom stereocenters. The summed E-state index contributed by atoms with van der Waals surface area (Å²) in [5.41, 5.74) is 7.34. The van der Waals surface area contributed by atoms with Gasteiger partial charge in [-0.3, -0.25) is 0 Å². The van der Waals surface area contributed by atoms with E-state index in [2.05, 4.69) is 48.8 Å². The predicted octanol–water partition coefficient (Wildman–Crippen LogP) is 9.94. The van der Waals surface area contributed by atoms with Crippen LogP contribution in [0.1, 0.15) is 86.5 Å². The van der Waals surface area contributed by atoms with Crippen molar-refractivity contribution in [3.05, 3.63) is 45.0 Å². The van der Waals surface area contributed by atoms with Crippen LogP contribution >= 0.6 is 17.8 Å². The van der Waals surface area contributed by atoms with Crippen molar-refractivity contribution >= 4 is 57.5 Å². The second-order valence-corrected chi connectivity index (χ2v) is 27.8. The molecule has 2 nitrogen and oxygen atoms in total. The summed E-state index contributed by atoms with van der Waals surface area (Å²) >= 11 is -2.75. The summed E-state index contributed by atoms with van der Waals surface area (Å²) in [5.74, 6) is 0. The van der Waals surface area contributed by atoms with Gasteiger partial charge in [0.05, 0.1) is 0 Å². The minimum atomic E-state index is -2.75. The molecular weight excluding hydrogens is 530 g/mol. The number of fused-ring (bicyclic) bond motifs is 3. The van der Waals surface area contributed by atoms with Gasteiger partial charge in [0.1, 0.15) is 0 Å². The van der Waals surface area contributed by atoms with Gasteiger partial charge in [0.15, 0.2) is 0 Å². The fourth-order valence-electron chi connectivity index (χ4n) is 5.68. The van der Waals surface area contributed by atoms with Gasteiger partial charge in [-0.25, -0.2) is 0 Å². The average Bonchev–Trinajstić information content (AvgIpc) is 2.84. The number of rotatable bonds is 2. The van der Waals surface area contributed by atoms with Crippen LogP contribution in [0, 0.1) is 13.8 Å². The van der Waals surface area contributed by atoms with E-state index in [9.17, 15) is 0 Å². The van der Waals surface area contributed by atoms with E-state index in [4.69, 9.17) is 17.8 Å². The molecule has 2 heterocycles. The Kier molecular flexibility index (Phi) is 8.25. The van der Waals surface area contributed by atoms with E-state index in [-0.39, 0.29) is 0 Å². The zero-order chi connectivity index (χ0) is 21.8. The van der Waals surface area contributed by atoms with Crippen molar-refractivity contribution in [2.75, 3.05) is 13.1 Å². The molecule has 0 amide bonds. The Morgan fingerprint density at radius 1 is 0.677 bits per heavy atom. The van der Waals surface area contributed by atoms with Crippen molar-refractivity contribution < 1.29 is 0 Å². The zero-order valence-electron chi connectivity index (χ0n) is 19.1. The fourth-order valence-corrected chi connectivity index (χ4v) is 20.2. The summed E-state index contributed by atoms with van der Waals surface area (Å²) < 4.78 is 1.55. The molecule has 5 heteroatoms. The van der Waals surface area contributed by atoms with Gasteiger partial charge in [-0.2, -0.15) is 0 Å². The van der Waals surface area contributed by atoms with E-state index in [1.807, 2.05) is 0 Å². The molecule has 31 heavy (non-hydrogen) atoms. The molecule has 2 saturated carbocycles. The van der Waals surface area contributed by atoms with E-state index >= 15 is 0 Å². The quantitative estimate of drug-likeness (QED) is 0.319. The van der Waals surface area contributed by atoms with Gasteiger partial charge in [-0.05, 0) is 36.1 Å². The minimum absolute atomic E-state index is 0.777. The number of hydrogen-bond acceptors (Lipinski definition) is 0. The van der Waals surface area contributed by atoms with Crippen LogP contribution in [0.5, 0.6) is 0 Å². The molecule has 2 aliphatic heterocycles. The SMILES string of the molecule is Cc1c(C)c2c(c3c1C=CC[N-]3)[N-]CC=C2.[Cl][Sn]([Cl])([CH]1CCCCC1)[CH]1CCCCC1. The summed E-state index contributed by atoms with van der Waals surface area (Å²) in [5, 5.41) is 9.19. The molecule has 1 aromatic rings. The zero-order valence-corrected chi connectivity index (χ0v) is 23.5. The third-order valence-corrected chi connectivity index (χ3v) is 25.5. The van der Waals surface area contributed by atoms with Gasteiger partial charge < -0.3 is 10.6 Å². The van der Waals surface area contributed by atoms with Crippen molar-refractivity contribution in [1.82, 2.24) is 0 Å². The average molecular weight is 566 g/mol. The van der Waals surface area contributed by atoms with Crippen LogP contribution in [0.3, 0.4) is 0 Å². The molecule has 0 aromatic heterocycles. The predicted molar refractivity (Wildman–Crippen MR) is 141 cm³/mol. The summed E-state index contributed by atoms with van der Waals surface area (Å²) in [6.45, 7) is 5.90. The van der Waals surface area contributed by atoms with Crippen LogP contribution in [-0.4, -0.2) is 29.2 Å². The molecule has 0 bridgehead atoms. The van der Waals surface area contributed by atoms with Crippen molar-refractivity contribution in [2.24, 2.45) is 0 Å². The van der Waals surface area contributed by atoms with E-state index in [0.29, 0.717) is 0 Å². The molecule has 170 valence electrons. The van der Waals surface area contributed by atoms with Gasteiger partial charge in [0, 0.05) is 0 Å². The molecule has 0 radical (unpaired) electrons. The second kappa shape index (κ2) is 10.7. The van der Waals surface area contributed by atoms with Gasteiger partial charge in [-0.15, -0.1) is 36.6 Å². The van der Waals surface area contributed by atoms with Crippen molar-refractivity contribution in [3.8, 4) is 0 Å². The van der Waals surface area contributed by atoms with Crippen LogP contribution in [-0.2, 0) is 0 Å². The Labute approximate surface area is 200 Å². The fraction of sp³-hybridized carbons (Fsp3) is 0.615. The standard InChI is InChI=1S/C14H14N2.2C6H11.2ClH.Sn/c1-9-10(2)12-6-4-8-16-14(12)13-11(9)5-3-7-15-13;2*1-2-4-6-5-3-1;;;/h3-6H,7-8H2,1-2H3;2*1H,2-6H2;2*1H;/q-2;;;;;+2/p-2. The summed E-state index contributed by atoms with van der Waals surface area (Å²) in [7, 11) is 13.7. The summed E-state index contributed by atoms with van der Waals surface area (Å²) in [4.78, 5) is 0. The Morgan fingerprint density at radius 2 is 1.06 bits per heavy atom. The van der Waals surface area contributed by atoms with Crippen LogP contribution in [0.4, 0.5) is 11.4 Å². The van der Waals surface area contributed by atoms with Gasteiger partial charge in [0.25, 0.3) is 0 Å². The first-order valence-corrected chi connectivity index (χ1v) is 22.8. The first-order valence-electron chi connectivity index (χ1n) is 12.2. The molecule has 0 spiro atoms. The first kappa shape index (κ1) is 23.8. The first-order chi connectivity index (χ1) is 15.0. The summed E-state index contributed by atoms with van der Waals surface area (Å²) in [6.07, 6.45) is 22.3. The number of nitrogens with zero attached hydrogens (tertiary/aromatic N) is 2.